The van der Waals surface area contributed by atoms with E-state index in [9.17, 15) is 4.39 Å². The summed E-state index contributed by atoms with van der Waals surface area (Å²) in [6.45, 7) is 4.25. The molecule has 0 aromatic carbocycles. The zero-order valence-electron chi connectivity index (χ0n) is 10.2. The molecule has 1 aliphatic carbocycles. The Kier molecular flexibility index (Phi) is 3.52. The van der Waals surface area contributed by atoms with Crippen molar-refractivity contribution in [3.8, 4) is 0 Å². The van der Waals surface area contributed by atoms with Crippen LogP contribution in [0.5, 0.6) is 0 Å². The first-order valence-electron chi connectivity index (χ1n) is 5.80. The van der Waals surface area contributed by atoms with Crippen LogP contribution >= 0.6 is 0 Å². The van der Waals surface area contributed by atoms with Gasteiger partial charge in [0.1, 0.15) is 0 Å². The van der Waals surface area contributed by atoms with Crippen LogP contribution in [-0.2, 0) is 0 Å². The zero-order valence-corrected chi connectivity index (χ0v) is 10.2. The van der Waals surface area contributed by atoms with E-state index in [0.717, 1.165) is 24.0 Å². The van der Waals surface area contributed by atoms with Crippen molar-refractivity contribution in [3.63, 3.8) is 0 Å². The number of pyridine rings is 1. The number of allylic oxidation sites excluding steroid dienone is 6. The summed E-state index contributed by atoms with van der Waals surface area (Å²) in [7, 11) is 0. The molecule has 1 heterocycles. The summed E-state index contributed by atoms with van der Waals surface area (Å²) >= 11 is 0. The van der Waals surface area contributed by atoms with Crippen LogP contribution in [0.4, 0.5) is 4.39 Å². The van der Waals surface area contributed by atoms with Crippen LogP contribution in [0, 0.1) is 5.95 Å². The SMILES string of the molecule is C/C1=C/C(c2ccc(F)nc2)=C\C/C(C)=C/C1. The Hall–Kier alpha value is -1.70. The van der Waals surface area contributed by atoms with Crippen molar-refractivity contribution >= 4 is 5.57 Å². The highest BCUT2D eigenvalue weighted by Gasteiger charge is 2.03. The zero-order chi connectivity index (χ0) is 12.3. The van der Waals surface area contributed by atoms with Gasteiger partial charge in [0, 0.05) is 6.20 Å². The summed E-state index contributed by atoms with van der Waals surface area (Å²) in [5.41, 5.74) is 4.77. The van der Waals surface area contributed by atoms with E-state index in [0.29, 0.717) is 0 Å². The van der Waals surface area contributed by atoms with E-state index in [4.69, 9.17) is 0 Å². The van der Waals surface area contributed by atoms with Crippen LogP contribution in [0.1, 0.15) is 32.3 Å². The van der Waals surface area contributed by atoms with Gasteiger partial charge in [-0.1, -0.05) is 29.4 Å². The molecular formula is C15H16FN. The maximum atomic E-state index is 12.8. The van der Waals surface area contributed by atoms with Crippen molar-refractivity contribution in [1.82, 2.24) is 4.98 Å². The fourth-order valence-corrected chi connectivity index (χ4v) is 1.82. The Morgan fingerprint density at radius 3 is 2.53 bits per heavy atom. The molecule has 17 heavy (non-hydrogen) atoms. The van der Waals surface area contributed by atoms with E-state index in [1.807, 2.05) is 0 Å². The van der Waals surface area contributed by atoms with Crippen LogP contribution in [0.3, 0.4) is 0 Å². The van der Waals surface area contributed by atoms with Gasteiger partial charge >= 0.3 is 0 Å². The molecule has 0 spiro atoms. The lowest BCUT2D eigenvalue weighted by Crippen LogP contribution is -1.90. The molecule has 0 atom stereocenters. The summed E-state index contributed by atoms with van der Waals surface area (Å²) in [6.07, 6.45) is 10.1. The second kappa shape index (κ2) is 5.09. The van der Waals surface area contributed by atoms with Crippen molar-refractivity contribution in [2.24, 2.45) is 0 Å². The van der Waals surface area contributed by atoms with Crippen molar-refractivity contribution in [2.75, 3.05) is 0 Å². The Morgan fingerprint density at radius 1 is 1.06 bits per heavy atom. The summed E-state index contributed by atoms with van der Waals surface area (Å²) in [5.74, 6) is -0.433. The number of rotatable bonds is 1. The van der Waals surface area contributed by atoms with Crippen LogP contribution in [0.25, 0.3) is 5.57 Å². The topological polar surface area (TPSA) is 12.9 Å². The molecular weight excluding hydrogens is 213 g/mol. The van der Waals surface area contributed by atoms with E-state index in [1.54, 1.807) is 12.3 Å². The largest absolute Gasteiger partial charge is 0.228 e. The summed E-state index contributed by atoms with van der Waals surface area (Å²) in [4.78, 5) is 3.70. The average Bonchev–Trinajstić information content (AvgIpc) is 2.31. The standard InChI is InChI=1S/C15H16FN/c1-11-3-4-12(2)9-13(6-5-11)14-7-8-15(16)17-10-14/h3,6-10H,4-5H2,1-2H3/b11-3+,12-9-,13-6+. The lowest BCUT2D eigenvalue weighted by atomic mass is 9.98. The molecule has 0 amide bonds. The second-order valence-corrected chi connectivity index (χ2v) is 4.48. The van der Waals surface area contributed by atoms with E-state index in [1.165, 1.54) is 17.2 Å². The lowest BCUT2D eigenvalue weighted by molar-refractivity contribution is 0.583. The van der Waals surface area contributed by atoms with E-state index in [2.05, 4.69) is 37.1 Å². The van der Waals surface area contributed by atoms with Gasteiger partial charge in [-0.2, -0.15) is 4.39 Å². The monoisotopic (exact) mass is 229 g/mol. The molecule has 0 unspecified atom stereocenters. The first-order chi connectivity index (χ1) is 8.15. The Labute approximate surface area is 101 Å². The smallest absolute Gasteiger partial charge is 0.212 e. The molecule has 0 saturated carbocycles. The van der Waals surface area contributed by atoms with Gasteiger partial charge in [0.15, 0.2) is 0 Å². The Bertz CT molecular complexity index is 492. The van der Waals surface area contributed by atoms with Crippen LogP contribution in [0.2, 0.25) is 0 Å². The minimum absolute atomic E-state index is 0.433. The van der Waals surface area contributed by atoms with E-state index >= 15 is 0 Å². The molecule has 2 heteroatoms. The number of halogens is 1. The van der Waals surface area contributed by atoms with Crippen LogP contribution in [-0.4, -0.2) is 4.98 Å². The maximum absolute atomic E-state index is 12.8. The fourth-order valence-electron chi connectivity index (χ4n) is 1.82. The van der Waals surface area contributed by atoms with Crippen LogP contribution in [0.15, 0.2) is 47.7 Å². The summed E-state index contributed by atoms with van der Waals surface area (Å²) in [5, 5.41) is 0. The minimum Gasteiger partial charge on any atom is -0.228 e. The summed E-state index contributed by atoms with van der Waals surface area (Å²) in [6, 6.07) is 3.18. The molecule has 1 aliphatic rings. The first-order valence-corrected chi connectivity index (χ1v) is 5.80. The molecule has 0 radical (unpaired) electrons. The maximum Gasteiger partial charge on any atom is 0.212 e. The number of nitrogens with zero attached hydrogens (tertiary/aromatic N) is 1. The molecule has 1 aromatic heterocycles. The third-order valence-corrected chi connectivity index (χ3v) is 2.88. The molecule has 88 valence electrons. The highest BCUT2D eigenvalue weighted by molar-refractivity contribution is 5.74. The third-order valence-electron chi connectivity index (χ3n) is 2.88. The second-order valence-electron chi connectivity index (χ2n) is 4.48. The highest BCUT2D eigenvalue weighted by Crippen LogP contribution is 2.23. The van der Waals surface area contributed by atoms with Gasteiger partial charge < -0.3 is 0 Å². The fraction of sp³-hybridized carbons (Fsp3) is 0.267. The molecule has 1 nitrogen and oxygen atoms in total. The number of aromatic nitrogens is 1. The van der Waals surface area contributed by atoms with Gasteiger partial charge in [-0.25, -0.2) is 4.98 Å². The molecule has 0 N–H and O–H groups in total. The van der Waals surface area contributed by atoms with Gasteiger partial charge in [-0.15, -0.1) is 0 Å². The molecule has 0 saturated heterocycles. The first kappa shape index (κ1) is 11.8. The average molecular weight is 229 g/mol. The number of hydrogen-bond donors (Lipinski definition) is 0. The van der Waals surface area contributed by atoms with Crippen molar-refractivity contribution < 1.29 is 4.39 Å². The molecule has 2 rings (SSSR count). The predicted molar refractivity (Wildman–Crippen MR) is 68.9 cm³/mol. The summed E-state index contributed by atoms with van der Waals surface area (Å²) < 4.78 is 12.8. The van der Waals surface area contributed by atoms with Crippen molar-refractivity contribution in [2.45, 2.75) is 26.7 Å². The van der Waals surface area contributed by atoms with Crippen LogP contribution < -0.4 is 0 Å². The normalized spacial score (nSPS) is 25.7. The van der Waals surface area contributed by atoms with Crippen molar-refractivity contribution in [3.05, 3.63) is 59.2 Å². The van der Waals surface area contributed by atoms with E-state index in [-0.39, 0.29) is 0 Å². The minimum atomic E-state index is -0.433. The van der Waals surface area contributed by atoms with Crippen molar-refractivity contribution in [1.29, 1.82) is 0 Å². The molecule has 0 fully saturated rings. The van der Waals surface area contributed by atoms with Gasteiger partial charge in [-0.3, -0.25) is 0 Å². The predicted octanol–water partition coefficient (Wildman–Crippen LogP) is 4.29. The lowest BCUT2D eigenvalue weighted by Gasteiger charge is -2.09. The third kappa shape index (κ3) is 3.13. The molecule has 0 bridgehead atoms. The molecule has 0 aliphatic heterocycles. The van der Waals surface area contributed by atoms with Gasteiger partial charge in [0.25, 0.3) is 0 Å². The van der Waals surface area contributed by atoms with Gasteiger partial charge in [-0.05, 0) is 50.0 Å². The van der Waals surface area contributed by atoms with Gasteiger partial charge in [0.05, 0.1) is 0 Å². The highest BCUT2D eigenvalue weighted by atomic mass is 19.1. The quantitative estimate of drug-likeness (QED) is 0.517. The molecule has 1 aromatic rings. The Morgan fingerprint density at radius 2 is 1.82 bits per heavy atom. The number of hydrogen-bond acceptors (Lipinski definition) is 1. The van der Waals surface area contributed by atoms with E-state index < -0.39 is 5.95 Å². The van der Waals surface area contributed by atoms with Gasteiger partial charge in [0.2, 0.25) is 5.95 Å². The Balaban J connectivity index is 2.36.